The number of hydrogen-bond acceptors (Lipinski definition) is 4. The molecule has 0 bridgehead atoms. The second-order valence-corrected chi connectivity index (χ2v) is 10.4. The van der Waals surface area contributed by atoms with Gasteiger partial charge < -0.3 is 14.6 Å². The van der Waals surface area contributed by atoms with Crippen LogP contribution in [0, 0.1) is 6.92 Å². The first-order chi connectivity index (χ1) is 17.3. The molecule has 1 saturated heterocycles. The molecule has 4 aromatic rings. The van der Waals surface area contributed by atoms with Crippen molar-refractivity contribution >= 4 is 80.3 Å². The fourth-order valence-corrected chi connectivity index (χ4v) is 5.44. The van der Waals surface area contributed by atoms with Gasteiger partial charge in [-0.05, 0) is 66.7 Å². The molecule has 0 unspecified atom stereocenters. The minimum absolute atomic E-state index is 0.208. The monoisotopic (exact) mass is 555 g/mol. The summed E-state index contributed by atoms with van der Waals surface area (Å²) < 4.78 is 7.58. The second-order valence-electron chi connectivity index (χ2n) is 8.15. The Morgan fingerprint density at radius 3 is 2.64 bits per heavy atom. The molecule has 1 fully saturated rings. The van der Waals surface area contributed by atoms with Gasteiger partial charge in [-0.25, -0.2) is 4.99 Å². The fourth-order valence-electron chi connectivity index (χ4n) is 4.14. The predicted octanol–water partition coefficient (Wildman–Crippen LogP) is 7.86. The highest BCUT2D eigenvalue weighted by Crippen LogP contribution is 2.36. The number of para-hydroxylation sites is 1. The molecule has 1 aliphatic heterocycles. The van der Waals surface area contributed by atoms with E-state index in [1.807, 2.05) is 37.3 Å². The first-order valence-corrected chi connectivity index (χ1v) is 12.9. The Kier molecular flexibility index (Phi) is 7.04. The van der Waals surface area contributed by atoms with Crippen LogP contribution in [0.3, 0.4) is 0 Å². The van der Waals surface area contributed by atoms with Gasteiger partial charge in [-0.3, -0.25) is 4.79 Å². The normalized spacial score (nSPS) is 15.8. The number of thioether (sulfide) groups is 1. The molecule has 5 nitrogen and oxygen atoms in total. The van der Waals surface area contributed by atoms with Crippen molar-refractivity contribution in [2.75, 3.05) is 7.11 Å². The lowest BCUT2D eigenvalue weighted by Gasteiger charge is -2.10. The number of amides is 1. The maximum absolute atomic E-state index is 12.8. The number of halogens is 3. The molecule has 182 valence electrons. The van der Waals surface area contributed by atoms with Crippen LogP contribution < -0.4 is 10.1 Å². The first kappa shape index (κ1) is 24.8. The summed E-state index contributed by atoms with van der Waals surface area (Å²) in [5.41, 5.74) is 4.65. The summed E-state index contributed by atoms with van der Waals surface area (Å²) in [5, 5.41) is 5.94. The number of carbonyl (C=O) groups excluding carboxylic acids is 1. The molecule has 1 amide bonds. The number of aromatic nitrogens is 1. The number of amidine groups is 1. The number of aliphatic imine (C=N–C) groups is 1. The lowest BCUT2D eigenvalue weighted by Crippen LogP contribution is -2.19. The van der Waals surface area contributed by atoms with Crippen molar-refractivity contribution in [1.29, 1.82) is 0 Å². The summed E-state index contributed by atoms with van der Waals surface area (Å²) in [5.74, 6) is 0.362. The maximum atomic E-state index is 12.8. The highest BCUT2D eigenvalue weighted by molar-refractivity contribution is 8.18. The lowest BCUT2D eigenvalue weighted by molar-refractivity contribution is -0.115. The van der Waals surface area contributed by atoms with E-state index in [9.17, 15) is 4.79 Å². The minimum Gasteiger partial charge on any atom is -0.494 e. The van der Waals surface area contributed by atoms with Crippen molar-refractivity contribution in [3.8, 4) is 5.75 Å². The van der Waals surface area contributed by atoms with Crippen molar-refractivity contribution < 1.29 is 9.53 Å². The van der Waals surface area contributed by atoms with Crippen molar-refractivity contribution in [3.63, 3.8) is 0 Å². The Morgan fingerprint density at radius 2 is 1.86 bits per heavy atom. The van der Waals surface area contributed by atoms with Gasteiger partial charge in [0.25, 0.3) is 5.91 Å². The highest BCUT2D eigenvalue weighted by Gasteiger charge is 2.25. The molecule has 0 aliphatic carbocycles. The number of benzene rings is 3. The van der Waals surface area contributed by atoms with Crippen LogP contribution in [0.4, 0.5) is 5.69 Å². The van der Waals surface area contributed by atoms with Gasteiger partial charge >= 0.3 is 0 Å². The third-order valence-electron chi connectivity index (χ3n) is 5.89. The standard InChI is InChI=1S/C27H20Cl3N3O2S/c1-15-19(13-25-26(34)32-27(36-25)31-22-12-17(28)8-10-24(22)35-2)18-5-3-4-6-23(18)33(15)14-16-7-9-20(29)21(30)11-16/h3-13H,14H2,1-2H3,(H,31,32,34)/b25-13-. The van der Waals surface area contributed by atoms with E-state index in [-0.39, 0.29) is 5.91 Å². The van der Waals surface area contributed by atoms with E-state index in [2.05, 4.69) is 27.0 Å². The largest absolute Gasteiger partial charge is 0.494 e. The number of hydrogen-bond donors (Lipinski definition) is 1. The average Bonchev–Trinajstić information content (AvgIpc) is 3.33. The Balaban J connectivity index is 1.52. The molecule has 0 radical (unpaired) electrons. The minimum atomic E-state index is -0.208. The number of methoxy groups -OCH3 is 1. The highest BCUT2D eigenvalue weighted by atomic mass is 35.5. The predicted molar refractivity (Wildman–Crippen MR) is 151 cm³/mol. The van der Waals surface area contributed by atoms with Gasteiger partial charge in [0.1, 0.15) is 11.4 Å². The van der Waals surface area contributed by atoms with Gasteiger partial charge in [-0.2, -0.15) is 0 Å². The molecular weight excluding hydrogens is 537 g/mol. The third kappa shape index (κ3) is 4.87. The zero-order valence-electron chi connectivity index (χ0n) is 19.3. The molecule has 36 heavy (non-hydrogen) atoms. The number of ether oxygens (including phenoxy) is 1. The van der Waals surface area contributed by atoms with Crippen LogP contribution in [0.5, 0.6) is 5.75 Å². The number of carbonyl (C=O) groups is 1. The summed E-state index contributed by atoms with van der Waals surface area (Å²) in [6.45, 7) is 2.67. The van der Waals surface area contributed by atoms with Gasteiger partial charge in [-0.1, -0.05) is 59.1 Å². The molecule has 2 heterocycles. The zero-order valence-corrected chi connectivity index (χ0v) is 22.4. The number of rotatable bonds is 5. The topological polar surface area (TPSA) is 55.6 Å². The van der Waals surface area contributed by atoms with E-state index in [0.717, 1.165) is 27.7 Å². The number of fused-ring (bicyclic) bond motifs is 1. The Bertz CT molecular complexity index is 1580. The molecule has 9 heteroatoms. The van der Waals surface area contributed by atoms with E-state index in [4.69, 9.17) is 39.5 Å². The number of nitrogens with one attached hydrogen (secondary N) is 1. The van der Waals surface area contributed by atoms with Crippen LogP contribution in [0.1, 0.15) is 16.8 Å². The quantitative estimate of drug-likeness (QED) is 0.255. The van der Waals surface area contributed by atoms with E-state index in [0.29, 0.717) is 43.1 Å². The second kappa shape index (κ2) is 10.2. The summed E-state index contributed by atoms with van der Waals surface area (Å²) in [7, 11) is 1.56. The van der Waals surface area contributed by atoms with Crippen LogP contribution in [0.15, 0.2) is 70.6 Å². The summed E-state index contributed by atoms with van der Waals surface area (Å²) in [6, 6.07) is 18.9. The molecule has 5 rings (SSSR count). The van der Waals surface area contributed by atoms with E-state index in [1.165, 1.54) is 11.8 Å². The molecule has 0 atom stereocenters. The summed E-state index contributed by atoms with van der Waals surface area (Å²) in [6.07, 6.45) is 1.92. The van der Waals surface area contributed by atoms with Crippen LogP contribution in [0.25, 0.3) is 17.0 Å². The summed E-state index contributed by atoms with van der Waals surface area (Å²) in [4.78, 5) is 18.0. The molecule has 0 spiro atoms. The zero-order chi connectivity index (χ0) is 25.4. The molecular formula is C27H20Cl3N3O2S. The van der Waals surface area contributed by atoms with Crippen molar-refractivity contribution in [2.45, 2.75) is 13.5 Å². The smallest absolute Gasteiger partial charge is 0.264 e. The van der Waals surface area contributed by atoms with Gasteiger partial charge in [0, 0.05) is 33.7 Å². The van der Waals surface area contributed by atoms with Crippen LogP contribution in [-0.4, -0.2) is 22.8 Å². The van der Waals surface area contributed by atoms with E-state index >= 15 is 0 Å². The van der Waals surface area contributed by atoms with E-state index in [1.54, 1.807) is 31.4 Å². The van der Waals surface area contributed by atoms with Crippen molar-refractivity contribution in [3.05, 3.63) is 97.5 Å². The van der Waals surface area contributed by atoms with Gasteiger partial charge in [0.15, 0.2) is 5.17 Å². The average molecular weight is 557 g/mol. The first-order valence-electron chi connectivity index (χ1n) is 11.0. The van der Waals surface area contributed by atoms with Crippen LogP contribution >= 0.6 is 46.6 Å². The molecule has 1 N–H and O–H groups in total. The lowest BCUT2D eigenvalue weighted by atomic mass is 10.1. The van der Waals surface area contributed by atoms with Crippen LogP contribution in [-0.2, 0) is 11.3 Å². The third-order valence-corrected chi connectivity index (χ3v) is 7.78. The van der Waals surface area contributed by atoms with Crippen molar-refractivity contribution in [1.82, 2.24) is 9.88 Å². The fraction of sp³-hybridized carbons (Fsp3) is 0.111. The van der Waals surface area contributed by atoms with Gasteiger partial charge in [0.05, 0.1) is 22.1 Å². The van der Waals surface area contributed by atoms with Crippen molar-refractivity contribution in [2.24, 2.45) is 4.99 Å². The van der Waals surface area contributed by atoms with Gasteiger partial charge in [-0.15, -0.1) is 0 Å². The van der Waals surface area contributed by atoms with Gasteiger partial charge in [0.2, 0.25) is 0 Å². The number of nitrogens with zero attached hydrogens (tertiary/aromatic N) is 2. The Morgan fingerprint density at radius 1 is 1.06 bits per heavy atom. The van der Waals surface area contributed by atoms with Crippen LogP contribution in [0.2, 0.25) is 15.1 Å². The van der Waals surface area contributed by atoms with E-state index < -0.39 is 0 Å². The molecule has 1 aliphatic rings. The summed E-state index contributed by atoms with van der Waals surface area (Å²) >= 11 is 19.8. The molecule has 1 aromatic heterocycles. The Hall–Kier alpha value is -2.90. The Labute approximate surface area is 227 Å². The SMILES string of the molecule is COc1ccc(Cl)cc1N=C1NC(=O)/C(=C/c2c(C)n(Cc3ccc(Cl)c(Cl)c3)c3ccccc23)S1. The molecule has 0 saturated carbocycles. The molecule has 3 aromatic carbocycles. The maximum Gasteiger partial charge on any atom is 0.264 e.